The van der Waals surface area contributed by atoms with E-state index in [-0.39, 0.29) is 12.4 Å². The Morgan fingerprint density at radius 2 is 2.18 bits per heavy atom. The molecule has 22 heavy (non-hydrogen) atoms. The molecule has 3 aliphatic rings. The van der Waals surface area contributed by atoms with Gasteiger partial charge in [0.15, 0.2) is 0 Å². The Kier molecular flexibility index (Phi) is 5.07. The minimum absolute atomic E-state index is 0. The SMILES string of the molecule is Cl.O=C(CN1CCC2CNCC2C1)N1CCc2sccc2C1. The second-order valence-corrected chi connectivity index (χ2v) is 7.64. The summed E-state index contributed by atoms with van der Waals surface area (Å²) in [6.45, 7) is 6.83. The number of nitrogens with zero attached hydrogens (tertiary/aromatic N) is 2. The lowest BCUT2D eigenvalue weighted by atomic mass is 9.89. The van der Waals surface area contributed by atoms with E-state index < -0.39 is 0 Å². The van der Waals surface area contributed by atoms with Crippen molar-refractivity contribution in [1.82, 2.24) is 15.1 Å². The van der Waals surface area contributed by atoms with Crippen LogP contribution in [0.5, 0.6) is 0 Å². The average molecular weight is 342 g/mol. The zero-order valence-electron chi connectivity index (χ0n) is 12.8. The molecular weight excluding hydrogens is 318 g/mol. The van der Waals surface area contributed by atoms with Gasteiger partial charge in [-0.3, -0.25) is 9.69 Å². The van der Waals surface area contributed by atoms with E-state index in [2.05, 4.69) is 21.7 Å². The molecule has 6 heteroatoms. The first-order valence-corrected chi connectivity index (χ1v) is 8.93. The first-order chi connectivity index (χ1) is 10.3. The van der Waals surface area contributed by atoms with Crippen LogP contribution in [0.25, 0.3) is 0 Å². The van der Waals surface area contributed by atoms with Crippen molar-refractivity contribution < 1.29 is 4.79 Å². The van der Waals surface area contributed by atoms with Crippen molar-refractivity contribution in [1.29, 1.82) is 0 Å². The molecule has 4 nitrogen and oxygen atoms in total. The van der Waals surface area contributed by atoms with Gasteiger partial charge < -0.3 is 10.2 Å². The first-order valence-electron chi connectivity index (χ1n) is 8.05. The number of fused-ring (bicyclic) bond motifs is 2. The van der Waals surface area contributed by atoms with Crippen LogP contribution in [-0.4, -0.2) is 55.0 Å². The van der Waals surface area contributed by atoms with Crippen LogP contribution in [0.2, 0.25) is 0 Å². The summed E-state index contributed by atoms with van der Waals surface area (Å²) in [5.74, 6) is 1.92. The van der Waals surface area contributed by atoms with E-state index in [1.54, 1.807) is 0 Å². The summed E-state index contributed by atoms with van der Waals surface area (Å²) in [5, 5.41) is 5.64. The number of thiophene rings is 1. The predicted molar refractivity (Wildman–Crippen MR) is 91.6 cm³/mol. The third kappa shape index (κ3) is 3.18. The molecule has 1 amide bonds. The Bertz CT molecular complexity index is 535. The zero-order valence-corrected chi connectivity index (χ0v) is 14.4. The van der Waals surface area contributed by atoms with Crippen LogP contribution in [0.3, 0.4) is 0 Å². The molecular formula is C16H24ClN3OS. The minimum atomic E-state index is 0. The average Bonchev–Trinajstić information content (AvgIpc) is 3.14. The summed E-state index contributed by atoms with van der Waals surface area (Å²) in [6, 6.07) is 2.18. The molecule has 0 radical (unpaired) electrons. The van der Waals surface area contributed by atoms with Gasteiger partial charge in [-0.15, -0.1) is 23.7 Å². The van der Waals surface area contributed by atoms with Crippen molar-refractivity contribution in [2.75, 3.05) is 39.3 Å². The van der Waals surface area contributed by atoms with Crippen molar-refractivity contribution in [2.24, 2.45) is 11.8 Å². The molecule has 3 aliphatic heterocycles. The molecule has 2 saturated heterocycles. The molecule has 2 fully saturated rings. The van der Waals surface area contributed by atoms with Gasteiger partial charge in [-0.2, -0.15) is 0 Å². The van der Waals surface area contributed by atoms with Crippen LogP contribution in [0.15, 0.2) is 11.4 Å². The van der Waals surface area contributed by atoms with E-state index in [1.165, 1.54) is 23.4 Å². The number of halogens is 1. The highest BCUT2D eigenvalue weighted by Gasteiger charge is 2.34. The lowest BCUT2D eigenvalue weighted by Crippen LogP contribution is -2.47. The van der Waals surface area contributed by atoms with Gasteiger partial charge >= 0.3 is 0 Å². The number of piperidine rings is 1. The van der Waals surface area contributed by atoms with E-state index in [0.717, 1.165) is 51.0 Å². The fraction of sp³-hybridized carbons (Fsp3) is 0.688. The standard InChI is InChI=1S/C16H23N3OS.ClH/c20-16(19-5-2-15-13(10-19)3-6-21-15)11-18-4-1-12-7-17-8-14(12)9-18;/h3,6,12,14,17H,1-2,4-5,7-11H2;1H. The number of likely N-dealkylation sites (tertiary alicyclic amines) is 1. The van der Waals surface area contributed by atoms with Crippen LogP contribution in [0.4, 0.5) is 0 Å². The quantitative estimate of drug-likeness (QED) is 0.887. The van der Waals surface area contributed by atoms with Gasteiger partial charge in [0.05, 0.1) is 6.54 Å². The van der Waals surface area contributed by atoms with Crippen molar-refractivity contribution in [3.8, 4) is 0 Å². The van der Waals surface area contributed by atoms with Crippen LogP contribution in [0, 0.1) is 11.8 Å². The highest BCUT2D eigenvalue weighted by molar-refractivity contribution is 7.10. The molecule has 1 aromatic rings. The Balaban J connectivity index is 0.00000144. The highest BCUT2D eigenvalue weighted by atomic mass is 35.5. The number of hydrogen-bond donors (Lipinski definition) is 1. The largest absolute Gasteiger partial charge is 0.337 e. The van der Waals surface area contributed by atoms with Crippen LogP contribution in [0.1, 0.15) is 16.9 Å². The first kappa shape index (κ1) is 16.2. The minimum Gasteiger partial charge on any atom is -0.337 e. The van der Waals surface area contributed by atoms with E-state index in [1.807, 2.05) is 16.2 Å². The van der Waals surface area contributed by atoms with E-state index in [9.17, 15) is 4.79 Å². The second-order valence-electron chi connectivity index (χ2n) is 6.64. The predicted octanol–water partition coefficient (Wildman–Crippen LogP) is 1.60. The zero-order chi connectivity index (χ0) is 14.2. The van der Waals surface area contributed by atoms with Crippen molar-refractivity contribution in [3.63, 3.8) is 0 Å². The Morgan fingerprint density at radius 3 is 3.09 bits per heavy atom. The summed E-state index contributed by atoms with van der Waals surface area (Å²) in [4.78, 5) is 18.5. The molecule has 2 atom stereocenters. The summed E-state index contributed by atoms with van der Waals surface area (Å²) < 4.78 is 0. The number of hydrogen-bond acceptors (Lipinski definition) is 4. The molecule has 0 spiro atoms. The smallest absolute Gasteiger partial charge is 0.237 e. The molecule has 1 N–H and O–H groups in total. The third-order valence-electron chi connectivity index (χ3n) is 5.31. The van der Waals surface area contributed by atoms with Crippen LogP contribution >= 0.6 is 23.7 Å². The maximum Gasteiger partial charge on any atom is 0.237 e. The summed E-state index contributed by atoms with van der Waals surface area (Å²) in [5.41, 5.74) is 1.36. The van der Waals surface area contributed by atoms with Crippen molar-refractivity contribution >= 4 is 29.7 Å². The molecule has 0 aliphatic carbocycles. The molecule has 122 valence electrons. The van der Waals surface area contributed by atoms with Gasteiger partial charge in [-0.05, 0) is 61.3 Å². The van der Waals surface area contributed by atoms with Crippen molar-refractivity contribution in [3.05, 3.63) is 21.9 Å². The van der Waals surface area contributed by atoms with Crippen LogP contribution < -0.4 is 5.32 Å². The van der Waals surface area contributed by atoms with E-state index in [4.69, 9.17) is 0 Å². The number of amides is 1. The van der Waals surface area contributed by atoms with E-state index in [0.29, 0.717) is 12.5 Å². The van der Waals surface area contributed by atoms with Crippen molar-refractivity contribution in [2.45, 2.75) is 19.4 Å². The number of rotatable bonds is 2. The number of nitrogens with one attached hydrogen (secondary N) is 1. The lowest BCUT2D eigenvalue weighted by molar-refractivity contribution is -0.133. The summed E-state index contributed by atoms with van der Waals surface area (Å²) in [6.07, 6.45) is 2.28. The fourth-order valence-corrected chi connectivity index (χ4v) is 4.90. The van der Waals surface area contributed by atoms with Gasteiger partial charge in [0.2, 0.25) is 5.91 Å². The molecule has 1 aromatic heterocycles. The van der Waals surface area contributed by atoms with Gasteiger partial charge in [-0.1, -0.05) is 0 Å². The van der Waals surface area contributed by atoms with Gasteiger partial charge in [0.1, 0.15) is 0 Å². The third-order valence-corrected chi connectivity index (χ3v) is 6.33. The number of carbonyl (C=O) groups excluding carboxylic acids is 1. The van der Waals surface area contributed by atoms with Gasteiger partial charge in [0, 0.05) is 24.5 Å². The molecule has 0 saturated carbocycles. The Labute approximate surface area is 142 Å². The fourth-order valence-electron chi connectivity index (χ4n) is 4.01. The topological polar surface area (TPSA) is 35.6 Å². The lowest BCUT2D eigenvalue weighted by Gasteiger charge is -2.36. The van der Waals surface area contributed by atoms with Gasteiger partial charge in [-0.25, -0.2) is 0 Å². The molecule has 2 unspecified atom stereocenters. The molecule has 0 aromatic carbocycles. The number of carbonyl (C=O) groups is 1. The van der Waals surface area contributed by atoms with Gasteiger partial charge in [0.25, 0.3) is 0 Å². The normalized spacial score (nSPS) is 27.9. The maximum atomic E-state index is 12.6. The van der Waals surface area contributed by atoms with E-state index >= 15 is 0 Å². The second kappa shape index (κ2) is 6.87. The Morgan fingerprint density at radius 1 is 1.32 bits per heavy atom. The Hall–Kier alpha value is -0.620. The summed E-state index contributed by atoms with van der Waals surface area (Å²) in [7, 11) is 0. The monoisotopic (exact) mass is 341 g/mol. The van der Waals surface area contributed by atoms with Crippen LogP contribution in [-0.2, 0) is 17.8 Å². The molecule has 4 heterocycles. The molecule has 4 rings (SSSR count). The maximum absolute atomic E-state index is 12.6. The summed E-state index contributed by atoms with van der Waals surface area (Å²) >= 11 is 1.83. The molecule has 0 bridgehead atoms. The highest BCUT2D eigenvalue weighted by Crippen LogP contribution is 2.27.